The van der Waals surface area contributed by atoms with Gasteiger partial charge in [-0.2, -0.15) is 5.26 Å². The molecule has 21 heavy (non-hydrogen) atoms. The van der Waals surface area contributed by atoms with Crippen molar-refractivity contribution >= 4 is 5.69 Å². The van der Waals surface area contributed by atoms with Crippen molar-refractivity contribution in [1.29, 1.82) is 5.26 Å². The highest BCUT2D eigenvalue weighted by molar-refractivity contribution is 5.51. The Balaban J connectivity index is 2.21. The zero-order valence-electron chi connectivity index (χ0n) is 11.8. The Morgan fingerprint density at radius 1 is 1.19 bits per heavy atom. The van der Waals surface area contributed by atoms with Crippen LogP contribution < -0.4 is 4.74 Å². The molecule has 0 spiro atoms. The van der Waals surface area contributed by atoms with Crippen molar-refractivity contribution < 1.29 is 9.66 Å². The van der Waals surface area contributed by atoms with Crippen molar-refractivity contribution in [3.05, 3.63) is 68.8 Å². The summed E-state index contributed by atoms with van der Waals surface area (Å²) in [6.45, 7) is 4.27. The maximum absolute atomic E-state index is 11.0. The monoisotopic (exact) mass is 282 g/mol. The predicted molar refractivity (Wildman–Crippen MR) is 78.1 cm³/mol. The van der Waals surface area contributed by atoms with Crippen LogP contribution in [0, 0.1) is 35.3 Å². The molecule has 0 radical (unpaired) electrons. The van der Waals surface area contributed by atoms with E-state index in [0.717, 1.165) is 11.1 Å². The molecule has 2 rings (SSSR count). The molecule has 0 unspecified atom stereocenters. The first kappa shape index (κ1) is 14.5. The molecule has 106 valence electrons. The first-order valence-electron chi connectivity index (χ1n) is 6.38. The van der Waals surface area contributed by atoms with Gasteiger partial charge in [-0.3, -0.25) is 10.1 Å². The zero-order valence-corrected chi connectivity index (χ0v) is 11.8. The number of benzene rings is 2. The lowest BCUT2D eigenvalue weighted by Crippen LogP contribution is -2.00. The molecule has 0 aromatic heterocycles. The molecule has 0 aliphatic carbocycles. The van der Waals surface area contributed by atoms with Gasteiger partial charge < -0.3 is 4.74 Å². The van der Waals surface area contributed by atoms with E-state index in [1.807, 2.05) is 38.1 Å². The Hall–Kier alpha value is -2.87. The SMILES string of the molecule is Cc1ccc(COc2ccc(C#N)cc2[N+](=O)[O-])cc1C. The number of nitriles is 1. The largest absolute Gasteiger partial charge is 0.482 e. The van der Waals surface area contributed by atoms with Crippen molar-refractivity contribution in [2.45, 2.75) is 20.5 Å². The van der Waals surface area contributed by atoms with E-state index in [1.54, 1.807) is 0 Å². The van der Waals surface area contributed by atoms with Gasteiger partial charge in [-0.15, -0.1) is 0 Å². The highest BCUT2D eigenvalue weighted by Crippen LogP contribution is 2.28. The zero-order chi connectivity index (χ0) is 15.4. The number of nitrogens with zero attached hydrogens (tertiary/aromatic N) is 2. The van der Waals surface area contributed by atoms with E-state index in [2.05, 4.69) is 0 Å². The van der Waals surface area contributed by atoms with Crippen LogP contribution in [-0.4, -0.2) is 4.92 Å². The summed E-state index contributed by atoms with van der Waals surface area (Å²) in [6.07, 6.45) is 0. The van der Waals surface area contributed by atoms with Crippen LogP contribution in [0.1, 0.15) is 22.3 Å². The van der Waals surface area contributed by atoms with E-state index in [0.29, 0.717) is 0 Å². The number of hydrogen-bond acceptors (Lipinski definition) is 4. The average molecular weight is 282 g/mol. The topological polar surface area (TPSA) is 76.2 Å². The summed E-state index contributed by atoms with van der Waals surface area (Å²) in [5, 5.41) is 19.8. The van der Waals surface area contributed by atoms with E-state index >= 15 is 0 Å². The maximum atomic E-state index is 11.0. The predicted octanol–water partition coefficient (Wildman–Crippen LogP) is 3.66. The van der Waals surface area contributed by atoms with Crippen molar-refractivity contribution in [3.8, 4) is 11.8 Å². The van der Waals surface area contributed by atoms with Gasteiger partial charge in [0, 0.05) is 6.07 Å². The van der Waals surface area contributed by atoms with E-state index < -0.39 is 4.92 Å². The van der Waals surface area contributed by atoms with E-state index in [4.69, 9.17) is 10.00 Å². The molecule has 0 saturated carbocycles. The van der Waals surface area contributed by atoms with Crippen LogP contribution in [0.25, 0.3) is 0 Å². The second-order valence-corrected chi connectivity index (χ2v) is 4.76. The molecule has 0 aliphatic rings. The lowest BCUT2D eigenvalue weighted by Gasteiger charge is -2.08. The van der Waals surface area contributed by atoms with Crippen molar-refractivity contribution in [3.63, 3.8) is 0 Å². The van der Waals surface area contributed by atoms with E-state index in [9.17, 15) is 10.1 Å². The van der Waals surface area contributed by atoms with Crippen LogP contribution in [0.4, 0.5) is 5.69 Å². The molecule has 0 saturated heterocycles. The van der Waals surface area contributed by atoms with Crippen molar-refractivity contribution in [2.24, 2.45) is 0 Å². The summed E-state index contributed by atoms with van der Waals surface area (Å²) in [6, 6.07) is 12.0. The molecule has 0 bridgehead atoms. The molecular weight excluding hydrogens is 268 g/mol. The third-order valence-electron chi connectivity index (χ3n) is 3.25. The Bertz CT molecular complexity index is 733. The molecule has 0 aliphatic heterocycles. The van der Waals surface area contributed by atoms with Gasteiger partial charge in [0.25, 0.3) is 0 Å². The summed E-state index contributed by atoms with van der Waals surface area (Å²) in [7, 11) is 0. The lowest BCUT2D eigenvalue weighted by molar-refractivity contribution is -0.386. The summed E-state index contributed by atoms with van der Waals surface area (Å²) in [4.78, 5) is 10.5. The minimum atomic E-state index is -0.545. The minimum absolute atomic E-state index is 0.164. The summed E-state index contributed by atoms with van der Waals surface area (Å²) >= 11 is 0. The number of aryl methyl sites for hydroxylation is 2. The van der Waals surface area contributed by atoms with Crippen molar-refractivity contribution in [2.75, 3.05) is 0 Å². The second-order valence-electron chi connectivity index (χ2n) is 4.76. The molecule has 0 atom stereocenters. The summed E-state index contributed by atoms with van der Waals surface area (Å²) < 4.78 is 5.53. The maximum Gasteiger partial charge on any atom is 0.312 e. The standard InChI is InChI=1S/C16H14N2O3/c1-11-3-4-14(7-12(11)2)10-21-16-6-5-13(9-17)8-15(16)18(19)20/h3-8H,10H2,1-2H3. The number of hydrogen-bond donors (Lipinski definition) is 0. The molecule has 2 aromatic carbocycles. The van der Waals surface area contributed by atoms with Gasteiger partial charge in [0.2, 0.25) is 0 Å². The third kappa shape index (κ3) is 3.37. The van der Waals surface area contributed by atoms with Gasteiger partial charge in [0.05, 0.1) is 16.6 Å². The van der Waals surface area contributed by atoms with Gasteiger partial charge in [0.1, 0.15) is 6.61 Å². The van der Waals surface area contributed by atoms with Gasteiger partial charge in [0.15, 0.2) is 5.75 Å². The van der Waals surface area contributed by atoms with Crippen LogP contribution in [0.15, 0.2) is 36.4 Å². The molecule has 0 N–H and O–H groups in total. The van der Waals surface area contributed by atoms with Crippen LogP contribution in [0.3, 0.4) is 0 Å². The quantitative estimate of drug-likeness (QED) is 0.633. The number of ether oxygens (including phenoxy) is 1. The van der Waals surface area contributed by atoms with Crippen LogP contribution in [-0.2, 0) is 6.61 Å². The first-order valence-corrected chi connectivity index (χ1v) is 6.38. The van der Waals surface area contributed by atoms with Gasteiger partial charge in [-0.1, -0.05) is 18.2 Å². The molecular formula is C16H14N2O3. The Morgan fingerprint density at radius 2 is 1.95 bits per heavy atom. The second kappa shape index (κ2) is 6.06. The number of rotatable bonds is 4. The smallest absolute Gasteiger partial charge is 0.312 e. The first-order chi connectivity index (χ1) is 10.0. The van der Waals surface area contributed by atoms with Gasteiger partial charge >= 0.3 is 5.69 Å². The third-order valence-corrected chi connectivity index (χ3v) is 3.25. The fourth-order valence-corrected chi connectivity index (χ4v) is 1.91. The number of nitro groups is 1. The Morgan fingerprint density at radius 3 is 2.57 bits per heavy atom. The number of nitro benzene ring substituents is 1. The lowest BCUT2D eigenvalue weighted by atomic mass is 10.1. The molecule has 5 nitrogen and oxygen atoms in total. The fourth-order valence-electron chi connectivity index (χ4n) is 1.91. The van der Waals surface area contributed by atoms with Gasteiger partial charge in [-0.25, -0.2) is 0 Å². The highest BCUT2D eigenvalue weighted by atomic mass is 16.6. The Kier molecular flexibility index (Phi) is 4.19. The van der Waals surface area contributed by atoms with Crippen LogP contribution in [0.2, 0.25) is 0 Å². The molecule has 0 fully saturated rings. The van der Waals surface area contributed by atoms with Crippen LogP contribution in [0.5, 0.6) is 5.75 Å². The van der Waals surface area contributed by atoms with Crippen LogP contribution >= 0.6 is 0 Å². The Labute approximate surface area is 122 Å². The fraction of sp³-hybridized carbons (Fsp3) is 0.188. The van der Waals surface area contributed by atoms with E-state index in [1.165, 1.54) is 23.8 Å². The average Bonchev–Trinajstić information content (AvgIpc) is 2.48. The van der Waals surface area contributed by atoms with Gasteiger partial charge in [-0.05, 0) is 42.7 Å². The summed E-state index contributed by atoms with van der Waals surface area (Å²) in [5.41, 5.74) is 3.31. The normalized spacial score (nSPS) is 9.95. The van der Waals surface area contributed by atoms with E-state index in [-0.39, 0.29) is 23.6 Å². The molecule has 2 aromatic rings. The minimum Gasteiger partial charge on any atom is -0.482 e. The molecule has 0 amide bonds. The summed E-state index contributed by atoms with van der Waals surface area (Å²) in [5.74, 6) is 0.164. The molecule has 0 heterocycles. The van der Waals surface area contributed by atoms with Crippen molar-refractivity contribution in [1.82, 2.24) is 0 Å². The highest BCUT2D eigenvalue weighted by Gasteiger charge is 2.16. The molecule has 5 heteroatoms.